The fourth-order valence-corrected chi connectivity index (χ4v) is 4.66. The van der Waals surface area contributed by atoms with Crippen LogP contribution < -0.4 is 5.69 Å². The molecular formula is C19H26N4O2. The summed E-state index contributed by atoms with van der Waals surface area (Å²) in [7, 11) is 1.73. The number of aryl methyl sites for hydroxylation is 1. The Hall–Kier alpha value is -2.08. The first-order valence-electron chi connectivity index (χ1n) is 9.34. The minimum absolute atomic E-state index is 0.0945. The van der Waals surface area contributed by atoms with Crippen LogP contribution in [0.4, 0.5) is 0 Å². The molecule has 0 bridgehead atoms. The molecule has 0 unspecified atom stereocenters. The topological polar surface area (TPSA) is 61.3 Å². The van der Waals surface area contributed by atoms with E-state index >= 15 is 0 Å². The normalized spacial score (nSPS) is 24.5. The molecule has 3 heterocycles. The summed E-state index contributed by atoms with van der Waals surface area (Å²) < 4.78 is 1.57. The molecule has 0 saturated carbocycles. The second-order valence-corrected chi connectivity index (χ2v) is 7.27. The minimum Gasteiger partial charge on any atom is -0.334 e. The largest absolute Gasteiger partial charge is 0.334 e. The van der Waals surface area contributed by atoms with Gasteiger partial charge in [-0.15, -0.1) is 0 Å². The van der Waals surface area contributed by atoms with E-state index in [0.29, 0.717) is 17.6 Å². The highest BCUT2D eigenvalue weighted by atomic mass is 16.2. The van der Waals surface area contributed by atoms with Gasteiger partial charge in [0.2, 0.25) is 0 Å². The molecule has 0 spiro atoms. The lowest BCUT2D eigenvalue weighted by Gasteiger charge is -2.34. The Morgan fingerprint density at radius 2 is 1.96 bits per heavy atom. The molecule has 6 nitrogen and oxygen atoms in total. The van der Waals surface area contributed by atoms with Crippen LogP contribution in [0.1, 0.15) is 43.0 Å². The summed E-state index contributed by atoms with van der Waals surface area (Å²) in [5, 5.41) is 0. The van der Waals surface area contributed by atoms with Crippen LogP contribution in [0.5, 0.6) is 0 Å². The van der Waals surface area contributed by atoms with E-state index in [2.05, 4.69) is 21.7 Å². The van der Waals surface area contributed by atoms with Gasteiger partial charge in [0.25, 0.3) is 5.91 Å². The Balaban J connectivity index is 1.62. The third-order valence-corrected chi connectivity index (χ3v) is 5.98. The fraction of sp³-hybridized carbons (Fsp3) is 0.579. The molecular weight excluding hydrogens is 316 g/mol. The summed E-state index contributed by atoms with van der Waals surface area (Å²) in [4.78, 5) is 32.3. The number of fused-ring (bicyclic) bond motifs is 1. The van der Waals surface area contributed by atoms with Gasteiger partial charge in [-0.2, -0.15) is 0 Å². The number of nitrogens with zero attached hydrogens (tertiary/aromatic N) is 3. The van der Waals surface area contributed by atoms with E-state index in [1.54, 1.807) is 11.6 Å². The van der Waals surface area contributed by atoms with Crippen LogP contribution in [-0.2, 0) is 7.05 Å². The number of aromatic amines is 1. The first-order valence-corrected chi connectivity index (χ1v) is 9.34. The van der Waals surface area contributed by atoms with Crippen molar-refractivity contribution in [1.82, 2.24) is 19.4 Å². The zero-order valence-electron chi connectivity index (χ0n) is 15.0. The fourth-order valence-electron chi connectivity index (χ4n) is 4.66. The van der Waals surface area contributed by atoms with E-state index in [4.69, 9.17) is 0 Å². The van der Waals surface area contributed by atoms with E-state index in [1.165, 1.54) is 12.8 Å². The number of carbonyl (C=O) groups is 1. The Kier molecular flexibility index (Phi) is 4.15. The lowest BCUT2D eigenvalue weighted by Crippen LogP contribution is -2.48. The number of likely N-dealkylation sites (tertiary alicyclic amines) is 2. The number of hydrogen-bond acceptors (Lipinski definition) is 3. The standard InChI is InChI=1S/C19H26N4O2/c1-3-22-10-4-6-16(22)17-7-5-11-23(17)18(24)13-8-9-15-14(12-13)20-19(25)21(15)2/h8-9,12,16-17H,3-7,10-11H2,1-2H3,(H,20,25)/t16-,17-/m0/s1. The van der Waals surface area contributed by atoms with E-state index < -0.39 is 0 Å². The maximum Gasteiger partial charge on any atom is 0.326 e. The first-order chi connectivity index (χ1) is 12.1. The quantitative estimate of drug-likeness (QED) is 0.927. The highest BCUT2D eigenvalue weighted by Crippen LogP contribution is 2.31. The third-order valence-electron chi connectivity index (χ3n) is 5.98. The van der Waals surface area contributed by atoms with E-state index in [0.717, 1.165) is 43.5 Å². The van der Waals surface area contributed by atoms with Crippen LogP contribution in [-0.4, -0.2) is 57.0 Å². The summed E-state index contributed by atoms with van der Waals surface area (Å²) in [6.45, 7) is 5.25. The van der Waals surface area contributed by atoms with Crippen molar-refractivity contribution in [3.8, 4) is 0 Å². The summed E-state index contributed by atoms with van der Waals surface area (Å²) in [6, 6.07) is 6.34. The molecule has 2 aliphatic heterocycles. The highest BCUT2D eigenvalue weighted by molar-refractivity contribution is 5.97. The molecule has 0 aliphatic carbocycles. The average molecular weight is 342 g/mol. The number of rotatable bonds is 3. The Labute approximate surface area is 147 Å². The van der Waals surface area contributed by atoms with Gasteiger partial charge in [0.05, 0.1) is 11.0 Å². The molecule has 1 aromatic carbocycles. The van der Waals surface area contributed by atoms with Crippen LogP contribution in [0.15, 0.2) is 23.0 Å². The van der Waals surface area contributed by atoms with Crippen LogP contribution in [0.2, 0.25) is 0 Å². The van der Waals surface area contributed by atoms with Gasteiger partial charge in [-0.05, 0) is 57.0 Å². The number of imidazole rings is 1. The molecule has 2 atom stereocenters. The van der Waals surface area contributed by atoms with Crippen molar-refractivity contribution in [2.24, 2.45) is 7.05 Å². The Bertz CT molecular complexity index is 853. The molecule has 0 radical (unpaired) electrons. The van der Waals surface area contributed by atoms with E-state index in [1.807, 2.05) is 18.2 Å². The molecule has 2 aliphatic rings. The predicted octanol–water partition coefficient (Wildman–Crippen LogP) is 1.96. The van der Waals surface area contributed by atoms with Gasteiger partial charge in [-0.3, -0.25) is 14.3 Å². The van der Waals surface area contributed by atoms with Gasteiger partial charge < -0.3 is 9.88 Å². The molecule has 1 N–H and O–H groups in total. The molecule has 1 aromatic heterocycles. The molecule has 2 saturated heterocycles. The summed E-state index contributed by atoms with van der Waals surface area (Å²) >= 11 is 0. The molecule has 6 heteroatoms. The molecule has 1 amide bonds. The summed E-state index contributed by atoms with van der Waals surface area (Å²) in [5.41, 5.74) is 2.07. The zero-order chi connectivity index (χ0) is 17.6. The smallest absolute Gasteiger partial charge is 0.326 e. The second kappa shape index (κ2) is 6.33. The molecule has 2 aromatic rings. The number of aromatic nitrogens is 2. The van der Waals surface area contributed by atoms with Gasteiger partial charge in [0.1, 0.15) is 0 Å². The second-order valence-electron chi connectivity index (χ2n) is 7.27. The number of amides is 1. The van der Waals surface area contributed by atoms with Gasteiger partial charge >= 0.3 is 5.69 Å². The molecule has 2 fully saturated rings. The number of benzene rings is 1. The Morgan fingerprint density at radius 3 is 2.76 bits per heavy atom. The number of hydrogen-bond donors (Lipinski definition) is 1. The summed E-state index contributed by atoms with van der Waals surface area (Å²) in [5.74, 6) is 0.0945. The zero-order valence-corrected chi connectivity index (χ0v) is 15.0. The van der Waals surface area contributed by atoms with Crippen molar-refractivity contribution in [1.29, 1.82) is 0 Å². The predicted molar refractivity (Wildman–Crippen MR) is 97.9 cm³/mol. The van der Waals surface area contributed by atoms with Crippen LogP contribution in [0.3, 0.4) is 0 Å². The lowest BCUT2D eigenvalue weighted by atomic mass is 10.0. The van der Waals surface area contributed by atoms with Crippen LogP contribution in [0.25, 0.3) is 11.0 Å². The highest BCUT2D eigenvalue weighted by Gasteiger charge is 2.39. The van der Waals surface area contributed by atoms with Gasteiger partial charge in [0.15, 0.2) is 0 Å². The van der Waals surface area contributed by atoms with Crippen molar-refractivity contribution in [2.45, 2.75) is 44.7 Å². The third kappa shape index (κ3) is 2.68. The van der Waals surface area contributed by atoms with Gasteiger partial charge in [-0.1, -0.05) is 6.92 Å². The number of H-pyrrole nitrogens is 1. The van der Waals surface area contributed by atoms with Crippen molar-refractivity contribution in [3.63, 3.8) is 0 Å². The molecule has 134 valence electrons. The monoisotopic (exact) mass is 342 g/mol. The van der Waals surface area contributed by atoms with E-state index in [9.17, 15) is 9.59 Å². The lowest BCUT2D eigenvalue weighted by molar-refractivity contribution is 0.0650. The first kappa shape index (κ1) is 16.4. The molecule has 4 rings (SSSR count). The number of carbonyl (C=O) groups excluding carboxylic acids is 1. The van der Waals surface area contributed by atoms with Gasteiger partial charge in [-0.25, -0.2) is 4.79 Å². The van der Waals surface area contributed by atoms with Gasteiger partial charge in [0, 0.05) is 31.2 Å². The van der Waals surface area contributed by atoms with Crippen molar-refractivity contribution in [3.05, 3.63) is 34.2 Å². The minimum atomic E-state index is -0.150. The number of likely N-dealkylation sites (N-methyl/N-ethyl adjacent to an activating group) is 1. The number of nitrogens with one attached hydrogen (secondary N) is 1. The van der Waals surface area contributed by atoms with Crippen molar-refractivity contribution in [2.75, 3.05) is 19.6 Å². The van der Waals surface area contributed by atoms with Crippen molar-refractivity contribution >= 4 is 16.9 Å². The Morgan fingerprint density at radius 1 is 1.20 bits per heavy atom. The van der Waals surface area contributed by atoms with Crippen molar-refractivity contribution < 1.29 is 4.79 Å². The molecule has 25 heavy (non-hydrogen) atoms. The SMILES string of the molecule is CCN1CCC[C@H]1[C@@H]1CCCN1C(=O)c1ccc2c(c1)[nH]c(=O)n2C. The maximum atomic E-state index is 13.2. The maximum absolute atomic E-state index is 13.2. The average Bonchev–Trinajstić information content (AvgIpc) is 3.33. The van der Waals surface area contributed by atoms with Crippen LogP contribution >= 0.6 is 0 Å². The summed E-state index contributed by atoms with van der Waals surface area (Å²) in [6.07, 6.45) is 4.59. The van der Waals surface area contributed by atoms with Crippen LogP contribution in [0, 0.1) is 0 Å². The van der Waals surface area contributed by atoms with E-state index in [-0.39, 0.29) is 11.6 Å².